The number of ether oxygens (including phenoxy) is 1. The molecule has 1 aliphatic carbocycles. The molecule has 0 heterocycles. The van der Waals surface area contributed by atoms with Gasteiger partial charge in [-0.15, -0.1) is 13.2 Å². The maximum absolute atomic E-state index is 12.1. The predicted octanol–water partition coefficient (Wildman–Crippen LogP) is 4.49. The summed E-state index contributed by atoms with van der Waals surface area (Å²) in [5, 5.41) is 2.75. The number of carbonyl (C=O) groups excluding carboxylic acids is 1. The van der Waals surface area contributed by atoms with Crippen LogP contribution in [-0.2, 0) is 4.79 Å². The van der Waals surface area contributed by atoms with Crippen molar-refractivity contribution in [2.75, 3.05) is 5.32 Å². The van der Waals surface area contributed by atoms with Crippen LogP contribution in [0.3, 0.4) is 0 Å². The van der Waals surface area contributed by atoms with Crippen LogP contribution in [0.1, 0.15) is 38.5 Å². The first kappa shape index (κ1) is 15.7. The largest absolute Gasteiger partial charge is 0.573 e. The molecule has 21 heavy (non-hydrogen) atoms. The highest BCUT2D eigenvalue weighted by Gasteiger charge is 2.31. The van der Waals surface area contributed by atoms with Crippen molar-refractivity contribution in [3.63, 3.8) is 0 Å². The SMILES string of the molecule is O=C(Nc1ccc(OC(F)(F)F)cc1)C1CCCCCC1. The van der Waals surface area contributed by atoms with Crippen molar-refractivity contribution in [3.05, 3.63) is 24.3 Å². The molecule has 2 rings (SSSR count). The molecule has 1 aromatic carbocycles. The lowest BCUT2D eigenvalue weighted by atomic mass is 9.99. The summed E-state index contributed by atoms with van der Waals surface area (Å²) in [6, 6.07) is 5.21. The summed E-state index contributed by atoms with van der Waals surface area (Å²) >= 11 is 0. The maximum Gasteiger partial charge on any atom is 0.573 e. The van der Waals surface area contributed by atoms with Gasteiger partial charge < -0.3 is 10.1 Å². The quantitative estimate of drug-likeness (QED) is 0.835. The molecule has 1 aromatic rings. The Hall–Kier alpha value is -1.72. The molecule has 0 saturated heterocycles. The van der Waals surface area contributed by atoms with Crippen LogP contribution in [0.5, 0.6) is 5.75 Å². The average molecular weight is 301 g/mol. The molecule has 3 nitrogen and oxygen atoms in total. The Balaban J connectivity index is 1.91. The molecule has 0 radical (unpaired) electrons. The number of amides is 1. The summed E-state index contributed by atoms with van der Waals surface area (Å²) in [4.78, 5) is 12.1. The summed E-state index contributed by atoms with van der Waals surface area (Å²) in [5.41, 5.74) is 0.485. The van der Waals surface area contributed by atoms with Gasteiger partial charge in [0.2, 0.25) is 5.91 Å². The topological polar surface area (TPSA) is 38.3 Å². The minimum atomic E-state index is -4.70. The smallest absolute Gasteiger partial charge is 0.406 e. The Labute approximate surface area is 121 Å². The van der Waals surface area contributed by atoms with E-state index in [1.54, 1.807) is 0 Å². The molecule has 0 unspecified atom stereocenters. The van der Waals surface area contributed by atoms with Gasteiger partial charge >= 0.3 is 6.36 Å². The number of halogens is 3. The summed E-state index contributed by atoms with van der Waals surface area (Å²) in [7, 11) is 0. The molecule has 1 saturated carbocycles. The van der Waals surface area contributed by atoms with Crippen LogP contribution < -0.4 is 10.1 Å². The third kappa shape index (κ3) is 5.28. The van der Waals surface area contributed by atoms with Gasteiger partial charge in [0, 0.05) is 11.6 Å². The second-order valence-corrected chi connectivity index (χ2v) is 5.25. The number of hydrogen-bond acceptors (Lipinski definition) is 2. The molecular weight excluding hydrogens is 283 g/mol. The third-order valence-corrected chi connectivity index (χ3v) is 3.58. The van der Waals surface area contributed by atoms with Gasteiger partial charge in [0.25, 0.3) is 0 Å². The molecule has 1 aliphatic rings. The summed E-state index contributed by atoms with van der Waals surface area (Å²) in [6.45, 7) is 0. The van der Waals surface area contributed by atoms with Gasteiger partial charge in [-0.05, 0) is 37.1 Å². The van der Waals surface area contributed by atoms with E-state index in [-0.39, 0.29) is 17.6 Å². The zero-order chi connectivity index (χ0) is 15.3. The normalized spacial score (nSPS) is 17.1. The van der Waals surface area contributed by atoms with E-state index in [9.17, 15) is 18.0 Å². The molecule has 1 fully saturated rings. The van der Waals surface area contributed by atoms with Crippen LogP contribution in [0, 0.1) is 5.92 Å². The van der Waals surface area contributed by atoms with Gasteiger partial charge in [-0.2, -0.15) is 0 Å². The number of carbonyl (C=O) groups is 1. The third-order valence-electron chi connectivity index (χ3n) is 3.58. The zero-order valence-corrected chi connectivity index (χ0v) is 11.6. The van der Waals surface area contributed by atoms with Crippen LogP contribution in [0.4, 0.5) is 18.9 Å². The van der Waals surface area contributed by atoms with E-state index in [4.69, 9.17) is 0 Å². The first-order valence-electron chi connectivity index (χ1n) is 7.11. The molecule has 6 heteroatoms. The standard InChI is InChI=1S/C15H18F3NO2/c16-15(17,18)21-13-9-7-12(8-10-13)19-14(20)11-5-3-1-2-4-6-11/h7-11H,1-6H2,(H,19,20). The Morgan fingerprint density at radius 2 is 1.62 bits per heavy atom. The highest BCUT2D eigenvalue weighted by molar-refractivity contribution is 5.92. The van der Waals surface area contributed by atoms with E-state index in [1.165, 1.54) is 24.3 Å². The Kier molecular flexibility index (Phi) is 5.09. The minimum Gasteiger partial charge on any atom is -0.406 e. The molecule has 1 amide bonds. The molecule has 0 bridgehead atoms. The van der Waals surface area contributed by atoms with Gasteiger partial charge in [-0.1, -0.05) is 25.7 Å². The molecule has 0 aliphatic heterocycles. The summed E-state index contributed by atoms with van der Waals surface area (Å²) in [5.74, 6) is -0.352. The minimum absolute atomic E-state index is 0.00129. The van der Waals surface area contributed by atoms with Crippen molar-refractivity contribution in [2.24, 2.45) is 5.92 Å². The van der Waals surface area contributed by atoms with Crippen molar-refractivity contribution < 1.29 is 22.7 Å². The van der Waals surface area contributed by atoms with E-state index in [2.05, 4.69) is 10.1 Å². The number of alkyl halides is 3. The number of benzene rings is 1. The van der Waals surface area contributed by atoms with E-state index in [0.29, 0.717) is 5.69 Å². The zero-order valence-electron chi connectivity index (χ0n) is 11.6. The van der Waals surface area contributed by atoms with Crippen LogP contribution in [0.2, 0.25) is 0 Å². The second-order valence-electron chi connectivity index (χ2n) is 5.25. The first-order valence-corrected chi connectivity index (χ1v) is 7.11. The lowest BCUT2D eigenvalue weighted by Gasteiger charge is -2.14. The first-order chi connectivity index (χ1) is 9.94. The van der Waals surface area contributed by atoms with Crippen molar-refractivity contribution in [2.45, 2.75) is 44.9 Å². The van der Waals surface area contributed by atoms with E-state index < -0.39 is 6.36 Å². The molecule has 0 atom stereocenters. The number of rotatable bonds is 3. The number of nitrogens with one attached hydrogen (secondary N) is 1. The number of hydrogen-bond donors (Lipinski definition) is 1. The van der Waals surface area contributed by atoms with Crippen LogP contribution in [-0.4, -0.2) is 12.3 Å². The van der Waals surface area contributed by atoms with Crippen LogP contribution in [0.25, 0.3) is 0 Å². The lowest BCUT2D eigenvalue weighted by Crippen LogP contribution is -2.22. The fraction of sp³-hybridized carbons (Fsp3) is 0.533. The highest BCUT2D eigenvalue weighted by atomic mass is 19.4. The van der Waals surface area contributed by atoms with Crippen LogP contribution in [0.15, 0.2) is 24.3 Å². The van der Waals surface area contributed by atoms with Crippen molar-refractivity contribution in [3.8, 4) is 5.75 Å². The Bertz CT molecular complexity index is 463. The van der Waals surface area contributed by atoms with Gasteiger partial charge in [-0.3, -0.25) is 4.79 Å². The van der Waals surface area contributed by atoms with Crippen molar-refractivity contribution in [1.82, 2.24) is 0 Å². The van der Waals surface area contributed by atoms with Crippen molar-refractivity contribution in [1.29, 1.82) is 0 Å². The van der Waals surface area contributed by atoms with Gasteiger partial charge in [-0.25, -0.2) is 0 Å². The Morgan fingerprint density at radius 1 is 1.05 bits per heavy atom. The maximum atomic E-state index is 12.1. The fourth-order valence-corrected chi connectivity index (χ4v) is 2.53. The van der Waals surface area contributed by atoms with E-state index in [1.807, 2.05) is 0 Å². The molecule has 116 valence electrons. The summed E-state index contributed by atoms with van der Waals surface area (Å²) in [6.07, 6.45) is 1.47. The van der Waals surface area contributed by atoms with Crippen molar-refractivity contribution >= 4 is 11.6 Å². The Morgan fingerprint density at radius 3 is 2.14 bits per heavy atom. The van der Waals surface area contributed by atoms with Gasteiger partial charge in [0.15, 0.2) is 0 Å². The molecule has 1 N–H and O–H groups in total. The summed E-state index contributed by atoms with van der Waals surface area (Å²) < 4.78 is 39.9. The lowest BCUT2D eigenvalue weighted by molar-refractivity contribution is -0.274. The number of anilines is 1. The van der Waals surface area contributed by atoms with E-state index >= 15 is 0 Å². The molecule has 0 spiro atoms. The molecular formula is C15H18F3NO2. The van der Waals surface area contributed by atoms with Crippen LogP contribution >= 0.6 is 0 Å². The average Bonchev–Trinajstić information content (AvgIpc) is 2.68. The van der Waals surface area contributed by atoms with Gasteiger partial charge in [0.1, 0.15) is 5.75 Å². The predicted molar refractivity (Wildman–Crippen MR) is 72.9 cm³/mol. The fourth-order valence-electron chi connectivity index (χ4n) is 2.53. The molecule has 0 aromatic heterocycles. The highest BCUT2D eigenvalue weighted by Crippen LogP contribution is 2.26. The monoisotopic (exact) mass is 301 g/mol. The van der Waals surface area contributed by atoms with E-state index in [0.717, 1.165) is 38.5 Å². The second kappa shape index (κ2) is 6.83. The van der Waals surface area contributed by atoms with Gasteiger partial charge in [0.05, 0.1) is 0 Å².